The van der Waals surface area contributed by atoms with Crippen LogP contribution in [0.25, 0.3) is 0 Å². The van der Waals surface area contributed by atoms with Crippen LogP contribution in [0.1, 0.15) is 53.4 Å². The molecule has 8 heteroatoms. The predicted molar refractivity (Wildman–Crippen MR) is 141 cm³/mol. The first-order valence-electron chi connectivity index (χ1n) is 11.8. The van der Waals surface area contributed by atoms with Gasteiger partial charge in [0.05, 0.1) is 17.2 Å². The number of hydrogen-bond donors (Lipinski definition) is 1. The van der Waals surface area contributed by atoms with Crippen molar-refractivity contribution in [3.63, 3.8) is 0 Å². The molecule has 0 atom stereocenters. The minimum atomic E-state index is -4.44. The fraction of sp³-hybridized carbons (Fsp3) is 0.310. The quantitative estimate of drug-likeness (QED) is 0.309. The molecule has 194 valence electrons. The minimum absolute atomic E-state index is 0.000409. The lowest BCUT2D eigenvalue weighted by molar-refractivity contribution is -0.137. The molecule has 4 nitrogen and oxygen atoms in total. The molecule has 0 saturated heterocycles. The second kappa shape index (κ2) is 11.7. The average molecular weight is 528 g/mol. The molecule has 0 saturated carbocycles. The minimum Gasteiger partial charge on any atom is -0.372 e. The lowest BCUT2D eigenvalue weighted by atomic mass is 9.87. The SMILES string of the molecule is CC(C)(C)c1ccc(CN(CCc2cccc(C(F)(F)F)c2)C(=O)c2cc(Cl)ccc2NCC#N)cc1. The van der Waals surface area contributed by atoms with Crippen LogP contribution in [0.2, 0.25) is 5.02 Å². The third kappa shape index (κ3) is 7.74. The first kappa shape index (κ1) is 28.1. The maximum atomic E-state index is 13.7. The van der Waals surface area contributed by atoms with Crippen LogP contribution in [0.4, 0.5) is 18.9 Å². The topological polar surface area (TPSA) is 56.1 Å². The molecular formula is C29H29ClF3N3O. The van der Waals surface area contributed by atoms with Crippen molar-refractivity contribution in [3.8, 4) is 6.07 Å². The van der Waals surface area contributed by atoms with Crippen molar-refractivity contribution >= 4 is 23.2 Å². The van der Waals surface area contributed by atoms with Gasteiger partial charge in [0.2, 0.25) is 0 Å². The van der Waals surface area contributed by atoms with E-state index in [-0.39, 0.29) is 42.9 Å². The Bertz CT molecular complexity index is 1280. The number of carbonyl (C=O) groups is 1. The van der Waals surface area contributed by atoms with Gasteiger partial charge < -0.3 is 10.2 Å². The standard InChI is InChI=1S/C29H29ClF3N3O/c1-28(2,3)22-9-7-21(8-10-22)19-36(16-13-20-5-4-6-23(17-20)29(31,32)33)27(37)25-18-24(30)11-12-26(25)35-15-14-34/h4-12,17-18,35H,13,15-16,19H2,1-3H3. The number of nitrogens with one attached hydrogen (secondary N) is 1. The van der Waals surface area contributed by atoms with Gasteiger partial charge in [-0.05, 0) is 52.8 Å². The van der Waals surface area contributed by atoms with Crippen LogP contribution in [-0.4, -0.2) is 23.9 Å². The summed E-state index contributed by atoms with van der Waals surface area (Å²) in [4.78, 5) is 15.3. The average Bonchev–Trinajstić information content (AvgIpc) is 2.84. The van der Waals surface area contributed by atoms with E-state index in [4.69, 9.17) is 16.9 Å². The van der Waals surface area contributed by atoms with Crippen LogP contribution in [0.5, 0.6) is 0 Å². The second-order valence-electron chi connectivity index (χ2n) is 9.82. The van der Waals surface area contributed by atoms with Crippen LogP contribution in [-0.2, 0) is 24.6 Å². The zero-order valence-electron chi connectivity index (χ0n) is 21.0. The van der Waals surface area contributed by atoms with E-state index in [1.54, 1.807) is 23.1 Å². The Morgan fingerprint density at radius 2 is 1.68 bits per heavy atom. The zero-order chi connectivity index (χ0) is 27.2. The van der Waals surface area contributed by atoms with Gasteiger partial charge in [-0.1, -0.05) is 74.8 Å². The molecule has 0 aliphatic rings. The van der Waals surface area contributed by atoms with Gasteiger partial charge in [0.1, 0.15) is 6.54 Å². The van der Waals surface area contributed by atoms with E-state index in [0.717, 1.165) is 23.3 Å². The highest BCUT2D eigenvalue weighted by Gasteiger charge is 2.30. The number of rotatable bonds is 8. The summed E-state index contributed by atoms with van der Waals surface area (Å²) in [5.41, 5.74) is 2.51. The van der Waals surface area contributed by atoms with Crippen molar-refractivity contribution < 1.29 is 18.0 Å². The van der Waals surface area contributed by atoms with Crippen molar-refractivity contribution in [1.82, 2.24) is 4.90 Å². The van der Waals surface area contributed by atoms with Gasteiger partial charge in [0, 0.05) is 23.8 Å². The predicted octanol–water partition coefficient (Wildman–Crippen LogP) is 7.48. The summed E-state index contributed by atoms with van der Waals surface area (Å²) in [5.74, 6) is -0.338. The fourth-order valence-corrected chi connectivity index (χ4v) is 4.07. The summed E-state index contributed by atoms with van der Waals surface area (Å²) in [7, 11) is 0. The first-order valence-corrected chi connectivity index (χ1v) is 12.2. The van der Waals surface area contributed by atoms with E-state index < -0.39 is 11.7 Å². The molecule has 1 amide bonds. The number of benzene rings is 3. The normalized spacial score (nSPS) is 11.6. The number of amides is 1. The number of alkyl halides is 3. The monoisotopic (exact) mass is 527 g/mol. The van der Waals surface area contributed by atoms with Gasteiger partial charge >= 0.3 is 6.18 Å². The highest BCUT2D eigenvalue weighted by molar-refractivity contribution is 6.31. The Morgan fingerprint density at radius 3 is 2.30 bits per heavy atom. The van der Waals surface area contributed by atoms with Crippen LogP contribution >= 0.6 is 11.6 Å². The highest BCUT2D eigenvalue weighted by Crippen LogP contribution is 2.30. The van der Waals surface area contributed by atoms with Crippen LogP contribution in [0.15, 0.2) is 66.7 Å². The Labute approximate surface area is 220 Å². The van der Waals surface area contributed by atoms with Crippen molar-refractivity contribution in [2.24, 2.45) is 0 Å². The number of hydrogen-bond acceptors (Lipinski definition) is 3. The van der Waals surface area contributed by atoms with Gasteiger partial charge in [-0.25, -0.2) is 0 Å². The van der Waals surface area contributed by atoms with E-state index in [1.807, 2.05) is 30.3 Å². The number of anilines is 1. The summed E-state index contributed by atoms with van der Waals surface area (Å²) in [5, 5.41) is 12.3. The summed E-state index contributed by atoms with van der Waals surface area (Å²) in [6, 6.07) is 19.9. The molecule has 0 spiro atoms. The molecule has 0 radical (unpaired) electrons. The second-order valence-corrected chi connectivity index (χ2v) is 10.3. The lowest BCUT2D eigenvalue weighted by Gasteiger charge is -2.25. The van der Waals surface area contributed by atoms with Crippen LogP contribution in [0.3, 0.4) is 0 Å². The largest absolute Gasteiger partial charge is 0.416 e. The molecule has 0 aliphatic carbocycles. The first-order chi connectivity index (χ1) is 17.4. The third-order valence-corrected chi connectivity index (χ3v) is 6.21. The van der Waals surface area contributed by atoms with Gasteiger partial charge in [-0.15, -0.1) is 0 Å². The summed E-state index contributed by atoms with van der Waals surface area (Å²) >= 11 is 6.18. The molecule has 3 rings (SSSR count). The molecule has 0 fully saturated rings. The molecule has 1 N–H and O–H groups in total. The van der Waals surface area contributed by atoms with Crippen molar-refractivity contribution in [2.75, 3.05) is 18.4 Å². The van der Waals surface area contributed by atoms with E-state index in [1.165, 1.54) is 12.1 Å². The van der Waals surface area contributed by atoms with Crippen molar-refractivity contribution in [2.45, 2.75) is 45.3 Å². The van der Waals surface area contributed by atoms with Gasteiger partial charge in [0.25, 0.3) is 5.91 Å². The number of nitrogens with zero attached hydrogens (tertiary/aromatic N) is 2. The van der Waals surface area contributed by atoms with E-state index in [0.29, 0.717) is 16.3 Å². The Balaban J connectivity index is 1.92. The Kier molecular flexibility index (Phi) is 8.88. The third-order valence-electron chi connectivity index (χ3n) is 5.98. The van der Waals surface area contributed by atoms with Gasteiger partial charge in [-0.3, -0.25) is 4.79 Å². The van der Waals surface area contributed by atoms with Crippen molar-refractivity contribution in [3.05, 3.63) is 99.6 Å². The maximum Gasteiger partial charge on any atom is 0.416 e. The van der Waals surface area contributed by atoms with Gasteiger partial charge in [-0.2, -0.15) is 18.4 Å². The van der Waals surface area contributed by atoms with Crippen LogP contribution < -0.4 is 5.32 Å². The van der Waals surface area contributed by atoms with Gasteiger partial charge in [0.15, 0.2) is 0 Å². The fourth-order valence-electron chi connectivity index (χ4n) is 3.90. The molecule has 0 heterocycles. The van der Waals surface area contributed by atoms with Crippen molar-refractivity contribution in [1.29, 1.82) is 5.26 Å². The Morgan fingerprint density at radius 1 is 0.973 bits per heavy atom. The molecule has 3 aromatic rings. The molecule has 0 aromatic heterocycles. The molecule has 3 aromatic carbocycles. The van der Waals surface area contributed by atoms with E-state index >= 15 is 0 Å². The summed E-state index contributed by atoms with van der Waals surface area (Å²) < 4.78 is 39.6. The summed E-state index contributed by atoms with van der Waals surface area (Å²) in [6.45, 7) is 6.78. The summed E-state index contributed by atoms with van der Waals surface area (Å²) in [6.07, 6.45) is -4.21. The van der Waals surface area contributed by atoms with Crippen LogP contribution in [0, 0.1) is 11.3 Å². The Hall–Kier alpha value is -3.50. The smallest absolute Gasteiger partial charge is 0.372 e. The molecule has 37 heavy (non-hydrogen) atoms. The lowest BCUT2D eigenvalue weighted by Crippen LogP contribution is -2.33. The number of halogens is 4. The number of carbonyl (C=O) groups excluding carboxylic acids is 1. The van der Waals surface area contributed by atoms with E-state index in [9.17, 15) is 18.0 Å². The van der Waals surface area contributed by atoms with E-state index in [2.05, 4.69) is 26.1 Å². The molecule has 0 aliphatic heterocycles. The molecular weight excluding hydrogens is 499 g/mol. The maximum absolute atomic E-state index is 13.7. The molecule has 0 bridgehead atoms. The highest BCUT2D eigenvalue weighted by atomic mass is 35.5. The number of nitriles is 1. The zero-order valence-corrected chi connectivity index (χ0v) is 21.7. The molecule has 0 unspecified atom stereocenters.